The number of nitro benzene ring substituents is 1. The number of hydrogen-bond donors (Lipinski definition) is 0. The summed E-state index contributed by atoms with van der Waals surface area (Å²) >= 11 is 0. The van der Waals surface area contributed by atoms with Crippen molar-refractivity contribution in [2.24, 2.45) is 11.8 Å². The molecule has 0 N–H and O–H groups in total. The van der Waals surface area contributed by atoms with E-state index in [9.17, 15) is 18.5 Å². The lowest BCUT2D eigenvalue weighted by atomic mass is 10.2. The first-order chi connectivity index (χ1) is 10.1. The van der Waals surface area contributed by atoms with Crippen molar-refractivity contribution in [2.45, 2.75) is 39.5 Å². The van der Waals surface area contributed by atoms with Crippen LogP contribution in [0.1, 0.15) is 33.3 Å². The standard InChI is InChI=1S/C15H24N2O4S/c1-11(2)9-16(10-12(3)4)22(20,21)15-7-6-14(17(18)19)8-13(15)5/h6-8,11-12H,9-10H2,1-5H3. The normalized spacial score (nSPS) is 12.4. The molecule has 7 heteroatoms. The van der Waals surface area contributed by atoms with E-state index in [1.54, 1.807) is 6.92 Å². The van der Waals surface area contributed by atoms with E-state index in [-0.39, 0.29) is 22.4 Å². The zero-order valence-corrected chi connectivity index (χ0v) is 14.6. The van der Waals surface area contributed by atoms with Crippen LogP contribution < -0.4 is 0 Å². The van der Waals surface area contributed by atoms with Gasteiger partial charge in [0, 0.05) is 25.2 Å². The second-order valence-corrected chi connectivity index (χ2v) is 8.22. The van der Waals surface area contributed by atoms with E-state index < -0.39 is 14.9 Å². The maximum Gasteiger partial charge on any atom is 0.269 e. The first-order valence-corrected chi connectivity index (χ1v) is 8.75. The Labute approximate surface area is 132 Å². The van der Waals surface area contributed by atoms with Crippen LogP contribution in [0.3, 0.4) is 0 Å². The van der Waals surface area contributed by atoms with Gasteiger partial charge in [0.25, 0.3) is 5.69 Å². The number of sulfonamides is 1. The Morgan fingerprint density at radius 2 is 1.64 bits per heavy atom. The minimum atomic E-state index is -3.65. The van der Waals surface area contributed by atoms with Crippen molar-refractivity contribution in [1.29, 1.82) is 0 Å². The van der Waals surface area contributed by atoms with Gasteiger partial charge in [-0.1, -0.05) is 27.7 Å². The fourth-order valence-electron chi connectivity index (χ4n) is 2.26. The predicted molar refractivity (Wildman–Crippen MR) is 86.3 cm³/mol. The van der Waals surface area contributed by atoms with Crippen LogP contribution in [-0.4, -0.2) is 30.7 Å². The highest BCUT2D eigenvalue weighted by molar-refractivity contribution is 7.89. The Morgan fingerprint density at radius 1 is 1.14 bits per heavy atom. The average molecular weight is 328 g/mol. The highest BCUT2D eigenvalue weighted by atomic mass is 32.2. The van der Waals surface area contributed by atoms with Crippen LogP contribution >= 0.6 is 0 Å². The number of benzene rings is 1. The summed E-state index contributed by atoms with van der Waals surface area (Å²) in [7, 11) is -3.65. The molecule has 1 aromatic carbocycles. The van der Waals surface area contributed by atoms with Crippen LogP contribution in [0.2, 0.25) is 0 Å². The Bertz CT molecular complexity index is 629. The van der Waals surface area contributed by atoms with E-state index in [0.29, 0.717) is 18.7 Å². The van der Waals surface area contributed by atoms with Gasteiger partial charge in [-0.2, -0.15) is 4.31 Å². The molecule has 0 heterocycles. The van der Waals surface area contributed by atoms with Crippen LogP contribution in [0, 0.1) is 28.9 Å². The summed E-state index contributed by atoms with van der Waals surface area (Å²) < 4.78 is 27.2. The van der Waals surface area contributed by atoms with E-state index in [4.69, 9.17) is 0 Å². The van der Waals surface area contributed by atoms with Crippen LogP contribution in [0.5, 0.6) is 0 Å². The van der Waals surface area contributed by atoms with E-state index >= 15 is 0 Å². The molecule has 0 fully saturated rings. The van der Waals surface area contributed by atoms with Gasteiger partial charge in [-0.25, -0.2) is 8.42 Å². The molecule has 0 bridgehead atoms. The summed E-state index contributed by atoms with van der Waals surface area (Å²) in [6.45, 7) is 10.3. The Morgan fingerprint density at radius 3 is 2.00 bits per heavy atom. The lowest BCUT2D eigenvalue weighted by Crippen LogP contribution is -2.37. The van der Waals surface area contributed by atoms with E-state index in [1.807, 2.05) is 27.7 Å². The summed E-state index contributed by atoms with van der Waals surface area (Å²) in [5, 5.41) is 10.8. The molecule has 0 aliphatic heterocycles. The van der Waals surface area contributed by atoms with Crippen molar-refractivity contribution in [3.63, 3.8) is 0 Å². The van der Waals surface area contributed by atoms with Gasteiger partial charge in [-0.05, 0) is 30.4 Å². The number of non-ortho nitro benzene ring substituents is 1. The molecule has 0 saturated heterocycles. The number of aryl methyl sites for hydroxylation is 1. The summed E-state index contributed by atoms with van der Waals surface area (Å²) in [6, 6.07) is 3.87. The van der Waals surface area contributed by atoms with Crippen molar-refractivity contribution in [1.82, 2.24) is 4.31 Å². The smallest absolute Gasteiger partial charge is 0.258 e. The number of hydrogen-bond acceptors (Lipinski definition) is 4. The maximum absolute atomic E-state index is 12.9. The molecule has 0 aromatic heterocycles. The molecule has 0 aliphatic carbocycles. The zero-order chi connectivity index (χ0) is 17.1. The van der Waals surface area contributed by atoms with Gasteiger partial charge in [-0.15, -0.1) is 0 Å². The molecule has 1 aromatic rings. The lowest BCUT2D eigenvalue weighted by molar-refractivity contribution is -0.385. The van der Waals surface area contributed by atoms with Crippen molar-refractivity contribution in [3.05, 3.63) is 33.9 Å². The molecule has 0 saturated carbocycles. The zero-order valence-electron chi connectivity index (χ0n) is 13.7. The molecule has 0 radical (unpaired) electrons. The largest absolute Gasteiger partial charge is 0.269 e. The molecule has 0 aliphatic rings. The average Bonchev–Trinajstić information content (AvgIpc) is 2.36. The van der Waals surface area contributed by atoms with E-state index in [1.165, 1.54) is 22.5 Å². The number of rotatable bonds is 7. The molecule has 0 amide bonds. The molecule has 0 spiro atoms. The Kier molecular flexibility index (Phi) is 6.08. The van der Waals surface area contributed by atoms with Gasteiger partial charge in [0.2, 0.25) is 10.0 Å². The quantitative estimate of drug-likeness (QED) is 0.568. The monoisotopic (exact) mass is 328 g/mol. The molecule has 0 atom stereocenters. The number of nitrogens with zero attached hydrogens (tertiary/aromatic N) is 2. The summed E-state index contributed by atoms with van der Waals surface area (Å²) in [5.74, 6) is 0.402. The molecule has 1 rings (SSSR count). The fourth-order valence-corrected chi connectivity index (χ4v) is 4.23. The van der Waals surface area contributed by atoms with Crippen molar-refractivity contribution >= 4 is 15.7 Å². The highest BCUT2D eigenvalue weighted by Crippen LogP contribution is 2.25. The van der Waals surface area contributed by atoms with Gasteiger partial charge >= 0.3 is 0 Å². The number of nitro groups is 1. The van der Waals surface area contributed by atoms with Gasteiger partial charge < -0.3 is 0 Å². The molecular formula is C15H24N2O4S. The third-order valence-corrected chi connectivity index (χ3v) is 5.12. The van der Waals surface area contributed by atoms with Gasteiger partial charge in [0.05, 0.1) is 9.82 Å². The van der Waals surface area contributed by atoms with E-state index in [2.05, 4.69) is 0 Å². The summed E-state index contributed by atoms with van der Waals surface area (Å²) in [6.07, 6.45) is 0. The molecule has 6 nitrogen and oxygen atoms in total. The topological polar surface area (TPSA) is 80.5 Å². The van der Waals surface area contributed by atoms with Crippen LogP contribution in [0.4, 0.5) is 5.69 Å². The van der Waals surface area contributed by atoms with Crippen LogP contribution in [-0.2, 0) is 10.0 Å². The van der Waals surface area contributed by atoms with Gasteiger partial charge in [-0.3, -0.25) is 10.1 Å². The fraction of sp³-hybridized carbons (Fsp3) is 0.600. The first kappa shape index (κ1) is 18.6. The molecular weight excluding hydrogens is 304 g/mol. The minimum Gasteiger partial charge on any atom is -0.258 e. The van der Waals surface area contributed by atoms with Crippen molar-refractivity contribution in [2.75, 3.05) is 13.1 Å². The SMILES string of the molecule is Cc1cc([N+](=O)[O-])ccc1S(=O)(=O)N(CC(C)C)CC(C)C. The highest BCUT2D eigenvalue weighted by Gasteiger charge is 2.28. The summed E-state index contributed by atoms with van der Waals surface area (Å²) in [4.78, 5) is 10.4. The summed E-state index contributed by atoms with van der Waals surface area (Å²) in [5.41, 5.74) is 0.294. The molecule has 124 valence electrons. The van der Waals surface area contributed by atoms with Crippen LogP contribution in [0.25, 0.3) is 0 Å². The van der Waals surface area contributed by atoms with Crippen molar-refractivity contribution in [3.8, 4) is 0 Å². The first-order valence-electron chi connectivity index (χ1n) is 7.31. The van der Waals surface area contributed by atoms with Crippen molar-refractivity contribution < 1.29 is 13.3 Å². The van der Waals surface area contributed by atoms with Crippen LogP contribution in [0.15, 0.2) is 23.1 Å². The van der Waals surface area contributed by atoms with Gasteiger partial charge in [0.1, 0.15) is 0 Å². The predicted octanol–water partition coefficient (Wildman–Crippen LogP) is 3.21. The maximum atomic E-state index is 12.9. The molecule has 22 heavy (non-hydrogen) atoms. The molecule has 0 unspecified atom stereocenters. The second kappa shape index (κ2) is 7.19. The van der Waals surface area contributed by atoms with Gasteiger partial charge in [0.15, 0.2) is 0 Å². The lowest BCUT2D eigenvalue weighted by Gasteiger charge is -2.26. The van der Waals surface area contributed by atoms with E-state index in [0.717, 1.165) is 0 Å². The third kappa shape index (κ3) is 4.51. The Hall–Kier alpha value is -1.47. The third-order valence-electron chi connectivity index (χ3n) is 3.12. The second-order valence-electron chi connectivity index (χ2n) is 6.32. The Balaban J connectivity index is 3.27. The minimum absolute atomic E-state index is 0.101.